The van der Waals surface area contributed by atoms with Crippen LogP contribution in [0, 0.1) is 0 Å². The molecule has 0 aliphatic rings. The maximum atomic E-state index is 5.44. The van der Waals surface area contributed by atoms with E-state index in [2.05, 4.69) is 12.6 Å². The van der Waals surface area contributed by atoms with Crippen molar-refractivity contribution >= 4 is 0 Å². The Balaban J connectivity index is 2.54. The standard InChI is InChI=1S/C2H5.CH3.H2N.V/c1-2;;;/h1H2,2H3;1H3;1H2;/q;;-1;+1. The van der Waals surface area contributed by atoms with Crippen LogP contribution in [0.3, 0.4) is 0 Å². The molecule has 0 atom stereocenters. The Hall–Kier alpha value is 0.544. The summed E-state index contributed by atoms with van der Waals surface area (Å²) in [6.45, 7) is 2.14. The molecule has 0 bridgehead atoms. The molecule has 0 amide bonds. The minimum atomic E-state index is -0.701. The quantitative estimate of drug-likeness (QED) is 0.536. The Labute approximate surface area is 38.3 Å². The molecular formula is C3H10NV. The van der Waals surface area contributed by atoms with E-state index in [1.165, 1.54) is 5.13 Å². The first-order chi connectivity index (χ1) is 2.27. The van der Waals surface area contributed by atoms with E-state index in [1.54, 1.807) is 0 Å². The van der Waals surface area contributed by atoms with E-state index in [0.717, 1.165) is 0 Å². The molecule has 2 heteroatoms. The van der Waals surface area contributed by atoms with Gasteiger partial charge in [0.25, 0.3) is 0 Å². The van der Waals surface area contributed by atoms with Gasteiger partial charge in [0.2, 0.25) is 0 Å². The zero-order valence-corrected chi connectivity index (χ0v) is 5.13. The van der Waals surface area contributed by atoms with Crippen LogP contribution in [0.2, 0.25) is 10.8 Å². The van der Waals surface area contributed by atoms with Crippen LogP contribution in [0.1, 0.15) is 6.92 Å². The monoisotopic (exact) mass is 111 g/mol. The summed E-state index contributed by atoms with van der Waals surface area (Å²) in [4.78, 5) is 0. The van der Waals surface area contributed by atoms with Crippen molar-refractivity contribution in [2.75, 3.05) is 0 Å². The van der Waals surface area contributed by atoms with Crippen molar-refractivity contribution in [1.29, 1.82) is 0 Å². The second kappa shape index (κ2) is 2.76. The van der Waals surface area contributed by atoms with Crippen LogP contribution in [0.4, 0.5) is 0 Å². The van der Waals surface area contributed by atoms with Crippen molar-refractivity contribution in [3.8, 4) is 0 Å². The van der Waals surface area contributed by atoms with E-state index in [-0.39, 0.29) is 0 Å². The van der Waals surface area contributed by atoms with Crippen LogP contribution in [0.25, 0.3) is 0 Å². The fraction of sp³-hybridized carbons (Fsp3) is 1.00. The normalized spacial score (nSPS) is 9.60. The number of hydrogen-bond acceptors (Lipinski definition) is 1. The molecule has 0 aromatic heterocycles. The fourth-order valence-corrected chi connectivity index (χ4v) is 0. The van der Waals surface area contributed by atoms with E-state index >= 15 is 0 Å². The molecule has 0 aliphatic carbocycles. The van der Waals surface area contributed by atoms with Gasteiger partial charge in [0.1, 0.15) is 0 Å². The third kappa shape index (κ3) is 4.54. The Morgan fingerprint density at radius 1 is 1.80 bits per heavy atom. The van der Waals surface area contributed by atoms with Crippen LogP contribution in [0.15, 0.2) is 0 Å². The van der Waals surface area contributed by atoms with Crippen molar-refractivity contribution < 1.29 is 15.4 Å². The van der Waals surface area contributed by atoms with Gasteiger partial charge < -0.3 is 0 Å². The van der Waals surface area contributed by atoms with Gasteiger partial charge >= 0.3 is 37.7 Å². The van der Waals surface area contributed by atoms with Crippen molar-refractivity contribution in [1.82, 2.24) is 0 Å². The van der Waals surface area contributed by atoms with Crippen molar-refractivity contribution in [3.05, 3.63) is 0 Å². The summed E-state index contributed by atoms with van der Waals surface area (Å²) in [5.41, 5.74) is 2.15. The summed E-state index contributed by atoms with van der Waals surface area (Å²) < 4.78 is 5.44. The predicted molar refractivity (Wildman–Crippen MR) is 20.5 cm³/mol. The molecule has 0 spiro atoms. The molecule has 0 aliphatic heterocycles. The zero-order chi connectivity index (χ0) is 4.28. The van der Waals surface area contributed by atoms with Gasteiger partial charge in [0, 0.05) is 0 Å². The number of hydrogen-bond donors (Lipinski definition) is 1. The molecule has 2 N–H and O–H groups in total. The van der Waals surface area contributed by atoms with Gasteiger partial charge in [-0.1, -0.05) is 0 Å². The molecule has 0 aromatic rings. The van der Waals surface area contributed by atoms with Crippen LogP contribution in [0.5, 0.6) is 0 Å². The van der Waals surface area contributed by atoms with E-state index < -0.39 is 15.4 Å². The van der Waals surface area contributed by atoms with E-state index in [1.807, 2.05) is 0 Å². The summed E-state index contributed by atoms with van der Waals surface area (Å²) in [5, 5.41) is 1.23. The second-order valence-electron chi connectivity index (χ2n) is 1.07. The molecule has 0 heterocycles. The van der Waals surface area contributed by atoms with Crippen LogP contribution < -0.4 is 4.58 Å². The summed E-state index contributed by atoms with van der Waals surface area (Å²) >= 11 is -0.701. The number of nitrogens with two attached hydrogens (primary N) is 1. The van der Waals surface area contributed by atoms with Gasteiger partial charge in [-0.15, -0.1) is 0 Å². The second-order valence-corrected chi connectivity index (χ2v) is 4.43. The topological polar surface area (TPSA) is 26.0 Å². The molecule has 0 unspecified atom stereocenters. The van der Waals surface area contributed by atoms with Crippen LogP contribution in [-0.2, 0) is 15.4 Å². The van der Waals surface area contributed by atoms with Crippen molar-refractivity contribution in [3.63, 3.8) is 0 Å². The van der Waals surface area contributed by atoms with E-state index in [0.29, 0.717) is 0 Å². The third-order valence-electron chi connectivity index (χ3n) is 0.499. The van der Waals surface area contributed by atoms with E-state index in [9.17, 15) is 0 Å². The van der Waals surface area contributed by atoms with Crippen molar-refractivity contribution in [2.24, 2.45) is 4.58 Å². The third-order valence-corrected chi connectivity index (χ3v) is 2.06. The molecule has 0 saturated carbocycles. The summed E-state index contributed by atoms with van der Waals surface area (Å²) in [5.74, 6) is 0. The van der Waals surface area contributed by atoms with Gasteiger partial charge in [0.15, 0.2) is 0 Å². The first-order valence-electron chi connectivity index (χ1n) is 1.73. The Kier molecular flexibility index (Phi) is 3.07. The minimum absolute atomic E-state index is 0.701. The number of rotatable bonds is 1. The summed E-state index contributed by atoms with van der Waals surface area (Å²) in [6.07, 6.45) is 0. The molecule has 0 aromatic carbocycles. The molecule has 5 heavy (non-hydrogen) atoms. The van der Waals surface area contributed by atoms with Gasteiger partial charge in [-0.25, -0.2) is 0 Å². The van der Waals surface area contributed by atoms with Crippen LogP contribution >= 0.6 is 0 Å². The molecular weight excluding hydrogens is 101 g/mol. The Bertz CT molecular complexity index is 20.9. The summed E-state index contributed by atoms with van der Waals surface area (Å²) in [6, 6.07) is 0. The SMILES string of the molecule is C[CH2][V]([CH3])[NH2]. The molecule has 0 rings (SSSR count). The van der Waals surface area contributed by atoms with Crippen molar-refractivity contribution in [2.45, 2.75) is 17.7 Å². The van der Waals surface area contributed by atoms with E-state index in [4.69, 9.17) is 4.58 Å². The molecule has 0 fully saturated rings. The Morgan fingerprint density at radius 2 is 2.00 bits per heavy atom. The fourth-order valence-electron chi connectivity index (χ4n) is 0. The van der Waals surface area contributed by atoms with Gasteiger partial charge in [-0.05, 0) is 0 Å². The molecule has 0 radical (unpaired) electrons. The van der Waals surface area contributed by atoms with Gasteiger partial charge in [-0.3, -0.25) is 0 Å². The predicted octanol–water partition coefficient (Wildman–Crippen LogP) is 0.965. The Morgan fingerprint density at radius 3 is 2.00 bits per heavy atom. The van der Waals surface area contributed by atoms with Gasteiger partial charge in [-0.2, -0.15) is 0 Å². The molecule has 1 nitrogen and oxygen atoms in total. The molecule has 0 saturated heterocycles. The average Bonchev–Trinajstić information content (AvgIpc) is 1.38. The molecule has 32 valence electrons. The van der Waals surface area contributed by atoms with Gasteiger partial charge in [0.05, 0.1) is 0 Å². The summed E-state index contributed by atoms with van der Waals surface area (Å²) in [7, 11) is 0. The first-order valence-corrected chi connectivity index (χ1v) is 4.92. The van der Waals surface area contributed by atoms with Crippen LogP contribution in [-0.4, -0.2) is 0 Å². The first kappa shape index (κ1) is 5.54. The average molecular weight is 111 g/mol. The zero-order valence-electron chi connectivity index (χ0n) is 3.73. The maximum absolute atomic E-state index is 5.44.